The molecule has 5 rings (SSSR count). The number of esters is 1. The lowest BCUT2D eigenvalue weighted by molar-refractivity contribution is 0.0734. The Bertz CT molecular complexity index is 1710. The van der Waals surface area contributed by atoms with Crippen molar-refractivity contribution in [3.8, 4) is 29.1 Å². The second-order valence-corrected chi connectivity index (χ2v) is 11.0. The predicted molar refractivity (Wildman–Crippen MR) is 169 cm³/mol. The van der Waals surface area contributed by atoms with Crippen LogP contribution in [0.5, 0.6) is 23.0 Å². The van der Waals surface area contributed by atoms with Crippen molar-refractivity contribution >= 4 is 29.2 Å². The van der Waals surface area contributed by atoms with Crippen LogP contribution in [-0.2, 0) is 6.61 Å². The van der Waals surface area contributed by atoms with Crippen molar-refractivity contribution < 1.29 is 23.7 Å². The zero-order valence-corrected chi connectivity index (χ0v) is 25.5. The maximum atomic E-state index is 12.8. The van der Waals surface area contributed by atoms with Gasteiger partial charge in [-0.15, -0.1) is 0 Å². The van der Waals surface area contributed by atoms with Gasteiger partial charge in [0, 0.05) is 27.2 Å². The molecule has 0 saturated heterocycles. The fourth-order valence-corrected chi connectivity index (χ4v) is 5.26. The molecular weight excluding hydrogens is 599 g/mol. The summed E-state index contributed by atoms with van der Waals surface area (Å²) in [6.45, 7) is 3.04. The summed E-state index contributed by atoms with van der Waals surface area (Å²) in [6.07, 6.45) is 3.21. The Labute approximate surface area is 266 Å². The zero-order valence-electron chi connectivity index (χ0n) is 24.0. The van der Waals surface area contributed by atoms with Crippen LogP contribution in [-0.4, -0.2) is 12.6 Å². The molecule has 1 aliphatic rings. The second-order valence-electron chi connectivity index (χ2n) is 10.2. The molecule has 0 aliphatic carbocycles. The molecule has 1 heterocycles. The lowest BCUT2D eigenvalue weighted by Crippen LogP contribution is -2.21. The van der Waals surface area contributed by atoms with Gasteiger partial charge in [0.05, 0.1) is 18.1 Å². The summed E-state index contributed by atoms with van der Waals surface area (Å²) in [5.74, 6) is 0.980. The summed E-state index contributed by atoms with van der Waals surface area (Å²) < 4.78 is 23.1. The van der Waals surface area contributed by atoms with Crippen LogP contribution in [0, 0.1) is 11.3 Å². The molecule has 0 fully saturated rings. The fraction of sp³-hybridized carbons (Fsp3) is 0.200. The van der Waals surface area contributed by atoms with E-state index in [0.717, 1.165) is 30.4 Å². The average molecular weight is 630 g/mol. The molecule has 0 radical (unpaired) electrons. The van der Waals surface area contributed by atoms with Gasteiger partial charge in [0.2, 0.25) is 5.88 Å². The highest BCUT2D eigenvalue weighted by Gasteiger charge is 2.31. The van der Waals surface area contributed by atoms with Crippen LogP contribution in [0.1, 0.15) is 59.2 Å². The first-order valence-electron chi connectivity index (χ1n) is 14.2. The molecule has 44 heavy (non-hydrogen) atoms. The minimum Gasteiger partial charge on any atom is -0.494 e. The molecule has 7 nitrogen and oxygen atoms in total. The number of halogens is 2. The number of hydrogen-bond acceptors (Lipinski definition) is 7. The number of hydrogen-bond donors (Lipinski definition) is 1. The van der Waals surface area contributed by atoms with Gasteiger partial charge in [-0.3, -0.25) is 0 Å². The first-order chi connectivity index (χ1) is 21.4. The summed E-state index contributed by atoms with van der Waals surface area (Å²) >= 11 is 12.2. The molecule has 0 saturated carbocycles. The average Bonchev–Trinajstić information content (AvgIpc) is 3.02. The highest BCUT2D eigenvalue weighted by molar-refractivity contribution is 6.35. The SMILES string of the molecule is CCCCCOc1ccc(C(=O)Oc2ccc3c(c2)OC(N)=C(C#N)C3c2ccc(OCc3ccc(Cl)cc3Cl)cc2)cc1. The lowest BCUT2D eigenvalue weighted by atomic mass is 9.83. The Kier molecular flexibility index (Phi) is 9.96. The molecule has 0 amide bonds. The monoisotopic (exact) mass is 628 g/mol. The Balaban J connectivity index is 1.29. The number of nitriles is 1. The van der Waals surface area contributed by atoms with Gasteiger partial charge in [-0.05, 0) is 66.6 Å². The van der Waals surface area contributed by atoms with E-state index in [-0.39, 0.29) is 23.8 Å². The number of fused-ring (bicyclic) bond motifs is 1. The van der Waals surface area contributed by atoms with Crippen molar-refractivity contribution in [1.29, 1.82) is 5.26 Å². The maximum absolute atomic E-state index is 12.8. The van der Waals surface area contributed by atoms with E-state index in [1.54, 1.807) is 54.6 Å². The molecule has 2 N–H and O–H groups in total. The van der Waals surface area contributed by atoms with Crippen LogP contribution in [0.25, 0.3) is 0 Å². The van der Waals surface area contributed by atoms with E-state index in [4.69, 9.17) is 47.9 Å². The van der Waals surface area contributed by atoms with E-state index in [0.29, 0.717) is 45.0 Å². The predicted octanol–water partition coefficient (Wildman–Crippen LogP) is 8.58. The molecular formula is C35H30Cl2N2O5. The third-order valence-electron chi connectivity index (χ3n) is 7.13. The van der Waals surface area contributed by atoms with E-state index < -0.39 is 11.9 Å². The largest absolute Gasteiger partial charge is 0.494 e. The van der Waals surface area contributed by atoms with Crippen molar-refractivity contribution in [1.82, 2.24) is 0 Å². The number of rotatable bonds is 11. The molecule has 4 aromatic rings. The molecule has 9 heteroatoms. The molecule has 4 aromatic carbocycles. The van der Waals surface area contributed by atoms with E-state index in [2.05, 4.69) is 13.0 Å². The number of allylic oxidation sites excluding steroid dienone is 1. The zero-order chi connectivity index (χ0) is 31.1. The minimum absolute atomic E-state index is 0.0132. The smallest absolute Gasteiger partial charge is 0.343 e. The number of nitrogens with two attached hydrogens (primary N) is 1. The topological polar surface area (TPSA) is 104 Å². The number of ether oxygens (including phenoxy) is 4. The summed E-state index contributed by atoms with van der Waals surface area (Å²) in [7, 11) is 0. The molecule has 1 aliphatic heterocycles. The van der Waals surface area contributed by atoms with Crippen molar-refractivity contribution in [2.24, 2.45) is 5.73 Å². The highest BCUT2D eigenvalue weighted by Crippen LogP contribution is 2.43. The van der Waals surface area contributed by atoms with Crippen molar-refractivity contribution in [2.75, 3.05) is 6.61 Å². The van der Waals surface area contributed by atoms with Crippen molar-refractivity contribution in [3.63, 3.8) is 0 Å². The van der Waals surface area contributed by atoms with E-state index in [1.807, 2.05) is 30.3 Å². The van der Waals surface area contributed by atoms with E-state index in [9.17, 15) is 10.1 Å². The van der Waals surface area contributed by atoms with Gasteiger partial charge < -0.3 is 24.7 Å². The van der Waals surface area contributed by atoms with Crippen LogP contribution < -0.4 is 24.7 Å². The van der Waals surface area contributed by atoms with Crippen LogP contribution in [0.3, 0.4) is 0 Å². The van der Waals surface area contributed by atoms with Crippen LogP contribution >= 0.6 is 23.2 Å². The summed E-state index contributed by atoms with van der Waals surface area (Å²) in [5, 5.41) is 11.0. The Morgan fingerprint density at radius 3 is 2.32 bits per heavy atom. The Morgan fingerprint density at radius 1 is 0.909 bits per heavy atom. The Morgan fingerprint density at radius 2 is 1.61 bits per heavy atom. The molecule has 1 atom stereocenters. The molecule has 1 unspecified atom stereocenters. The number of nitrogens with zero attached hydrogens (tertiary/aromatic N) is 1. The Hall–Kier alpha value is -4.64. The number of carbonyl (C=O) groups is 1. The third-order valence-corrected chi connectivity index (χ3v) is 7.72. The molecule has 224 valence electrons. The summed E-state index contributed by atoms with van der Waals surface area (Å²) in [6, 6.07) is 26.7. The van der Waals surface area contributed by atoms with Gasteiger partial charge in [0.15, 0.2) is 0 Å². The number of unbranched alkanes of at least 4 members (excludes halogenated alkanes) is 2. The molecule has 0 spiro atoms. The van der Waals surface area contributed by atoms with E-state index in [1.165, 1.54) is 0 Å². The van der Waals surface area contributed by atoms with Crippen LogP contribution in [0.4, 0.5) is 0 Å². The fourth-order valence-electron chi connectivity index (χ4n) is 4.79. The summed E-state index contributed by atoms with van der Waals surface area (Å²) in [5.41, 5.74) is 9.17. The normalized spacial score (nSPS) is 13.8. The standard InChI is InChI=1S/C35H30Cl2N2O5/c1-2-3-4-17-41-26-13-8-23(9-14-26)35(40)43-28-15-16-29-32(19-28)44-34(39)30(20-38)33(29)22-6-11-27(12-7-22)42-21-24-5-10-25(36)18-31(24)37/h5-16,18-19,33H,2-4,17,21,39H2,1H3. The highest BCUT2D eigenvalue weighted by atomic mass is 35.5. The summed E-state index contributed by atoms with van der Waals surface area (Å²) in [4.78, 5) is 12.8. The van der Waals surface area contributed by atoms with Crippen molar-refractivity contribution in [3.05, 3.63) is 129 Å². The van der Waals surface area contributed by atoms with Gasteiger partial charge in [-0.25, -0.2) is 4.79 Å². The minimum atomic E-state index is -0.522. The second kappa shape index (κ2) is 14.2. The first kappa shape index (κ1) is 30.8. The van der Waals surface area contributed by atoms with Gasteiger partial charge in [-0.1, -0.05) is 67.2 Å². The third kappa shape index (κ3) is 7.28. The van der Waals surface area contributed by atoms with Gasteiger partial charge >= 0.3 is 5.97 Å². The molecule has 0 aromatic heterocycles. The first-order valence-corrected chi connectivity index (χ1v) is 14.9. The van der Waals surface area contributed by atoms with Gasteiger partial charge in [0.1, 0.15) is 41.2 Å². The molecule has 0 bridgehead atoms. The van der Waals surface area contributed by atoms with Crippen LogP contribution in [0.2, 0.25) is 10.0 Å². The van der Waals surface area contributed by atoms with Crippen LogP contribution in [0.15, 0.2) is 96.4 Å². The van der Waals surface area contributed by atoms with E-state index >= 15 is 0 Å². The van der Waals surface area contributed by atoms with Gasteiger partial charge in [0.25, 0.3) is 0 Å². The van der Waals surface area contributed by atoms with Gasteiger partial charge in [-0.2, -0.15) is 5.26 Å². The number of carbonyl (C=O) groups excluding carboxylic acids is 1. The maximum Gasteiger partial charge on any atom is 0.343 e. The quantitative estimate of drug-likeness (QED) is 0.101. The number of benzene rings is 4. The van der Waals surface area contributed by atoms with Crippen molar-refractivity contribution in [2.45, 2.75) is 38.7 Å². The lowest BCUT2D eigenvalue weighted by Gasteiger charge is -2.26.